The van der Waals surface area contributed by atoms with E-state index >= 15 is 0 Å². The average molecular weight is 194 g/mol. The fraction of sp³-hybridized carbons (Fsp3) is 0.200. The normalized spacial score (nSPS) is 11.8. The minimum Gasteiger partial charge on any atom is -0.611 e. The highest BCUT2D eigenvalue weighted by Gasteiger charge is 2.07. The largest absolute Gasteiger partial charge is 0.611 e. The molecule has 0 saturated heterocycles. The molecule has 0 N–H and O–H groups in total. The van der Waals surface area contributed by atoms with Crippen LogP contribution in [0.3, 0.4) is 0 Å². The second-order valence-corrected chi connectivity index (χ2v) is 3.82. The fourth-order valence-electron chi connectivity index (χ4n) is 0.887. The predicted molar refractivity (Wildman–Crippen MR) is 53.1 cm³/mol. The Kier molecular flexibility index (Phi) is 3.69. The first-order valence-corrected chi connectivity index (χ1v) is 5.05. The van der Waals surface area contributed by atoms with E-state index in [-0.39, 0.29) is 5.75 Å². The molecule has 1 atom stereocenters. The van der Waals surface area contributed by atoms with Gasteiger partial charge in [0, 0.05) is 0 Å². The number of hydrogen-bond acceptors (Lipinski definition) is 2. The van der Waals surface area contributed by atoms with Gasteiger partial charge in [0.15, 0.2) is 10.6 Å². The highest BCUT2D eigenvalue weighted by atomic mass is 32.2. The van der Waals surface area contributed by atoms with Crippen LogP contribution in [0.1, 0.15) is 0 Å². The minimum atomic E-state index is -1.09. The molecule has 0 heterocycles. The van der Waals surface area contributed by atoms with Crippen LogP contribution >= 0.6 is 0 Å². The first-order chi connectivity index (χ1) is 6.27. The maximum Gasteiger partial charge on any atom is 0.170 e. The van der Waals surface area contributed by atoms with Gasteiger partial charge in [0.2, 0.25) is 0 Å². The zero-order chi connectivity index (χ0) is 9.68. The highest BCUT2D eigenvalue weighted by Crippen LogP contribution is 2.16. The maximum absolute atomic E-state index is 11.4. The Labute approximate surface area is 81.1 Å². The van der Waals surface area contributed by atoms with Gasteiger partial charge in [-0.3, -0.25) is 0 Å². The van der Waals surface area contributed by atoms with Crippen LogP contribution < -0.4 is 4.74 Å². The van der Waals surface area contributed by atoms with Gasteiger partial charge in [-0.1, -0.05) is 5.92 Å². The van der Waals surface area contributed by atoms with Crippen LogP contribution in [0, 0.1) is 12.3 Å². The molecule has 1 aromatic carbocycles. The van der Waals surface area contributed by atoms with Crippen LogP contribution in [-0.2, 0) is 11.2 Å². The molecule has 0 aliphatic rings. The first-order valence-electron chi connectivity index (χ1n) is 3.74. The molecule has 0 fully saturated rings. The van der Waals surface area contributed by atoms with Crippen LogP contribution in [-0.4, -0.2) is 17.4 Å². The third-order valence-corrected chi connectivity index (χ3v) is 2.76. The molecule has 0 radical (unpaired) electrons. The third kappa shape index (κ3) is 2.69. The molecule has 0 spiro atoms. The van der Waals surface area contributed by atoms with Crippen molar-refractivity contribution in [2.24, 2.45) is 0 Å². The lowest BCUT2D eigenvalue weighted by Crippen LogP contribution is -2.04. The second-order valence-electron chi connectivity index (χ2n) is 2.37. The lowest BCUT2D eigenvalue weighted by Gasteiger charge is -2.07. The van der Waals surface area contributed by atoms with Crippen LogP contribution in [0.2, 0.25) is 0 Å². The van der Waals surface area contributed by atoms with Crippen molar-refractivity contribution in [3.8, 4) is 18.1 Å². The quantitative estimate of drug-likeness (QED) is 0.538. The lowest BCUT2D eigenvalue weighted by atomic mass is 10.3. The van der Waals surface area contributed by atoms with E-state index in [9.17, 15) is 4.55 Å². The zero-order valence-electron chi connectivity index (χ0n) is 7.32. The van der Waals surface area contributed by atoms with Crippen molar-refractivity contribution >= 4 is 11.2 Å². The summed E-state index contributed by atoms with van der Waals surface area (Å²) in [6, 6.07) is 7.05. The number of rotatable bonds is 3. The summed E-state index contributed by atoms with van der Waals surface area (Å²) in [6.45, 7) is 0. The molecule has 0 aliphatic carbocycles. The van der Waals surface area contributed by atoms with Gasteiger partial charge < -0.3 is 9.29 Å². The van der Waals surface area contributed by atoms with Gasteiger partial charge in [-0.2, -0.15) is 0 Å². The Morgan fingerprint density at radius 1 is 1.46 bits per heavy atom. The van der Waals surface area contributed by atoms with E-state index in [0.717, 1.165) is 10.6 Å². The van der Waals surface area contributed by atoms with Crippen molar-refractivity contribution < 1.29 is 9.29 Å². The number of ether oxygens (including phenoxy) is 1. The minimum absolute atomic E-state index is 0.256. The molecule has 68 valence electrons. The van der Waals surface area contributed by atoms with Crippen LogP contribution in [0.4, 0.5) is 0 Å². The first kappa shape index (κ1) is 9.97. The van der Waals surface area contributed by atoms with Gasteiger partial charge >= 0.3 is 0 Å². The molecule has 1 unspecified atom stereocenters. The Bertz CT molecular complexity index is 300. The Morgan fingerprint density at radius 2 is 2.08 bits per heavy atom. The third-order valence-electron chi connectivity index (χ3n) is 1.54. The number of benzene rings is 1. The molecule has 0 aliphatic heterocycles. The Balaban J connectivity index is 2.74. The van der Waals surface area contributed by atoms with Gasteiger partial charge in [0.25, 0.3) is 0 Å². The standard InChI is InChI=1S/C10H10O2S/c1-3-8-13(11)10-6-4-9(12-2)5-7-10/h1,4-7H,8H2,2H3. The van der Waals surface area contributed by atoms with Gasteiger partial charge in [0.1, 0.15) is 5.75 Å². The van der Waals surface area contributed by atoms with E-state index in [4.69, 9.17) is 11.2 Å². The molecule has 3 heteroatoms. The fourth-order valence-corrected chi connectivity index (χ4v) is 1.64. The van der Waals surface area contributed by atoms with Gasteiger partial charge in [-0.25, -0.2) is 0 Å². The molecular formula is C10H10O2S. The molecule has 0 amide bonds. The van der Waals surface area contributed by atoms with Crippen molar-refractivity contribution in [3.05, 3.63) is 24.3 Å². The van der Waals surface area contributed by atoms with E-state index in [1.54, 1.807) is 31.4 Å². The summed E-state index contributed by atoms with van der Waals surface area (Å²) < 4.78 is 16.3. The van der Waals surface area contributed by atoms with Gasteiger partial charge in [-0.05, 0) is 35.4 Å². The summed E-state index contributed by atoms with van der Waals surface area (Å²) in [5, 5.41) is 0. The van der Waals surface area contributed by atoms with Gasteiger partial charge in [0.05, 0.1) is 7.11 Å². The van der Waals surface area contributed by atoms with Crippen molar-refractivity contribution in [1.82, 2.24) is 0 Å². The summed E-state index contributed by atoms with van der Waals surface area (Å²) in [4.78, 5) is 0.735. The molecule has 0 saturated carbocycles. The lowest BCUT2D eigenvalue weighted by molar-refractivity contribution is 0.414. The Morgan fingerprint density at radius 3 is 2.54 bits per heavy atom. The topological polar surface area (TPSA) is 32.3 Å². The number of hydrogen-bond donors (Lipinski definition) is 0. The molecule has 0 bridgehead atoms. The maximum atomic E-state index is 11.4. The van der Waals surface area contributed by atoms with E-state index in [2.05, 4.69) is 5.92 Å². The monoisotopic (exact) mass is 194 g/mol. The van der Waals surface area contributed by atoms with E-state index < -0.39 is 11.2 Å². The second kappa shape index (κ2) is 4.80. The molecule has 0 aromatic heterocycles. The van der Waals surface area contributed by atoms with Crippen LogP contribution in [0.25, 0.3) is 0 Å². The van der Waals surface area contributed by atoms with E-state index in [0.29, 0.717) is 0 Å². The number of terminal acetylenes is 1. The summed E-state index contributed by atoms with van der Waals surface area (Å²) in [5.41, 5.74) is 0. The predicted octanol–water partition coefficient (Wildman–Crippen LogP) is 1.44. The average Bonchev–Trinajstić information content (AvgIpc) is 2.18. The molecule has 1 rings (SSSR count). The van der Waals surface area contributed by atoms with Crippen LogP contribution in [0.5, 0.6) is 5.75 Å². The van der Waals surface area contributed by atoms with Crippen molar-refractivity contribution in [2.75, 3.05) is 12.9 Å². The molecule has 1 aromatic rings. The van der Waals surface area contributed by atoms with Crippen molar-refractivity contribution in [1.29, 1.82) is 0 Å². The summed E-state index contributed by atoms with van der Waals surface area (Å²) >= 11 is -1.09. The molecule has 13 heavy (non-hydrogen) atoms. The Hall–Kier alpha value is -1.11. The van der Waals surface area contributed by atoms with Crippen LogP contribution in [0.15, 0.2) is 29.2 Å². The zero-order valence-corrected chi connectivity index (χ0v) is 8.14. The smallest absolute Gasteiger partial charge is 0.170 e. The summed E-state index contributed by atoms with van der Waals surface area (Å²) in [5.74, 6) is 3.37. The number of methoxy groups -OCH3 is 1. The molecular weight excluding hydrogens is 184 g/mol. The summed E-state index contributed by atoms with van der Waals surface area (Å²) in [6.07, 6.45) is 5.06. The SMILES string of the molecule is C#CC[S+]([O-])c1ccc(OC)cc1. The summed E-state index contributed by atoms with van der Waals surface area (Å²) in [7, 11) is 1.59. The van der Waals surface area contributed by atoms with Crippen molar-refractivity contribution in [2.45, 2.75) is 4.90 Å². The highest BCUT2D eigenvalue weighted by molar-refractivity contribution is 7.91. The van der Waals surface area contributed by atoms with E-state index in [1.165, 1.54) is 0 Å². The van der Waals surface area contributed by atoms with Gasteiger partial charge in [-0.15, -0.1) is 6.42 Å². The van der Waals surface area contributed by atoms with Crippen molar-refractivity contribution in [3.63, 3.8) is 0 Å². The molecule has 2 nitrogen and oxygen atoms in total. The van der Waals surface area contributed by atoms with E-state index in [1.807, 2.05) is 0 Å².